The molecule has 134 valence electrons. The van der Waals surface area contributed by atoms with E-state index in [1.54, 1.807) is 67.7 Å². The number of aromatic nitrogens is 2. The molecule has 0 bridgehead atoms. The van der Waals surface area contributed by atoms with Crippen LogP contribution in [0.25, 0.3) is 10.9 Å². The van der Waals surface area contributed by atoms with Gasteiger partial charge in [0.15, 0.2) is 0 Å². The van der Waals surface area contributed by atoms with Gasteiger partial charge in [-0.3, -0.25) is 9.78 Å². The van der Waals surface area contributed by atoms with Gasteiger partial charge in [0.1, 0.15) is 5.69 Å². The summed E-state index contributed by atoms with van der Waals surface area (Å²) in [4.78, 5) is 17.4. The largest absolute Gasteiger partial charge is 0.287 e. The molecule has 4 rings (SSSR count). The molecule has 2 heterocycles. The maximum absolute atomic E-state index is 13.3. The molecule has 0 unspecified atom stereocenters. The Morgan fingerprint density at radius 1 is 0.926 bits per heavy atom. The molecular formula is C21H16N2O3S. The summed E-state index contributed by atoms with van der Waals surface area (Å²) < 4.78 is 27.8. The van der Waals surface area contributed by atoms with Crippen LogP contribution in [0.4, 0.5) is 0 Å². The Morgan fingerprint density at radius 3 is 2.37 bits per heavy atom. The van der Waals surface area contributed by atoms with E-state index in [0.29, 0.717) is 22.2 Å². The van der Waals surface area contributed by atoms with Gasteiger partial charge in [0.05, 0.1) is 10.4 Å². The number of ketones is 1. The molecule has 5 nitrogen and oxygen atoms in total. The lowest BCUT2D eigenvalue weighted by Crippen LogP contribution is -2.19. The molecule has 0 aliphatic heterocycles. The van der Waals surface area contributed by atoms with Crippen LogP contribution in [0, 0.1) is 6.92 Å². The maximum atomic E-state index is 13.3. The second-order valence-electron chi connectivity index (χ2n) is 6.19. The van der Waals surface area contributed by atoms with E-state index < -0.39 is 10.0 Å². The zero-order valence-corrected chi connectivity index (χ0v) is 15.3. The Kier molecular flexibility index (Phi) is 4.12. The summed E-state index contributed by atoms with van der Waals surface area (Å²) in [5.74, 6) is -0.365. The highest BCUT2D eigenvalue weighted by Gasteiger charge is 2.26. The number of aryl methyl sites for hydroxylation is 1. The third-order valence-corrected chi connectivity index (χ3v) is 6.08. The minimum Gasteiger partial charge on any atom is -0.287 e. The molecular weight excluding hydrogens is 360 g/mol. The lowest BCUT2D eigenvalue weighted by atomic mass is 10.1. The molecule has 4 aromatic rings. The zero-order valence-electron chi connectivity index (χ0n) is 14.5. The van der Waals surface area contributed by atoms with Gasteiger partial charge in [-0.1, -0.05) is 36.4 Å². The lowest BCUT2D eigenvalue weighted by molar-refractivity contribution is 0.103. The van der Waals surface area contributed by atoms with Gasteiger partial charge in [-0.2, -0.15) is 0 Å². The Hall–Kier alpha value is -3.25. The summed E-state index contributed by atoms with van der Waals surface area (Å²) in [5.41, 5.74) is 1.66. The molecule has 0 spiro atoms. The monoisotopic (exact) mass is 376 g/mol. The number of rotatable bonds is 4. The van der Waals surface area contributed by atoms with Crippen molar-refractivity contribution in [2.45, 2.75) is 11.8 Å². The van der Waals surface area contributed by atoms with Gasteiger partial charge >= 0.3 is 0 Å². The number of fused-ring (bicyclic) bond motifs is 1. The third-order valence-electron chi connectivity index (χ3n) is 4.34. The van der Waals surface area contributed by atoms with Crippen LogP contribution in [0.2, 0.25) is 0 Å². The number of benzene rings is 2. The number of hydrogen-bond acceptors (Lipinski definition) is 4. The van der Waals surface area contributed by atoms with Gasteiger partial charge in [-0.25, -0.2) is 12.4 Å². The van der Waals surface area contributed by atoms with Crippen LogP contribution < -0.4 is 0 Å². The summed E-state index contributed by atoms with van der Waals surface area (Å²) in [6.07, 6.45) is 1.54. The van der Waals surface area contributed by atoms with Crippen LogP contribution in [-0.2, 0) is 10.0 Å². The molecule has 0 N–H and O–H groups in total. The lowest BCUT2D eigenvalue weighted by Gasteiger charge is -2.11. The van der Waals surface area contributed by atoms with Crippen LogP contribution in [0.1, 0.15) is 21.7 Å². The molecule has 6 heteroatoms. The molecule has 0 amide bonds. The fourth-order valence-corrected chi connectivity index (χ4v) is 4.61. The molecule has 0 aliphatic rings. The first-order chi connectivity index (χ1) is 13.0. The van der Waals surface area contributed by atoms with Crippen molar-refractivity contribution < 1.29 is 13.2 Å². The minimum atomic E-state index is -3.94. The van der Waals surface area contributed by atoms with E-state index in [9.17, 15) is 13.2 Å². The second-order valence-corrected chi connectivity index (χ2v) is 7.97. The predicted molar refractivity (Wildman–Crippen MR) is 103 cm³/mol. The number of carbonyl (C=O) groups is 1. The van der Waals surface area contributed by atoms with E-state index in [1.165, 1.54) is 12.1 Å². The van der Waals surface area contributed by atoms with Gasteiger partial charge in [0.2, 0.25) is 5.78 Å². The quantitative estimate of drug-likeness (QED) is 0.508. The second kappa shape index (κ2) is 6.48. The van der Waals surface area contributed by atoms with Crippen molar-refractivity contribution in [2.24, 2.45) is 0 Å². The van der Waals surface area contributed by atoms with Gasteiger partial charge in [-0.05, 0) is 43.3 Å². The highest BCUT2D eigenvalue weighted by molar-refractivity contribution is 7.90. The van der Waals surface area contributed by atoms with E-state index in [2.05, 4.69) is 4.98 Å². The summed E-state index contributed by atoms with van der Waals surface area (Å²) in [6, 6.07) is 20.0. The molecule has 0 atom stereocenters. The average Bonchev–Trinajstić information content (AvgIpc) is 3.08. The molecule has 0 fully saturated rings. The molecule has 2 aromatic heterocycles. The zero-order chi connectivity index (χ0) is 19.0. The van der Waals surface area contributed by atoms with Crippen molar-refractivity contribution in [3.05, 3.63) is 95.9 Å². The topological polar surface area (TPSA) is 69.0 Å². The highest BCUT2D eigenvalue weighted by Crippen LogP contribution is 2.27. The van der Waals surface area contributed by atoms with E-state index in [-0.39, 0.29) is 16.4 Å². The van der Waals surface area contributed by atoms with Gasteiger partial charge in [-0.15, -0.1) is 0 Å². The van der Waals surface area contributed by atoms with Crippen LogP contribution in [0.15, 0.2) is 83.9 Å². The van der Waals surface area contributed by atoms with Crippen molar-refractivity contribution in [3.63, 3.8) is 0 Å². The number of pyridine rings is 1. The highest BCUT2D eigenvalue weighted by atomic mass is 32.2. The SMILES string of the molecule is Cc1cc(C(=O)c2cc3ccccc3n2S(=O)(=O)c2ccccc2)ccn1. The minimum absolute atomic E-state index is 0.102. The van der Waals surface area contributed by atoms with Crippen LogP contribution in [0.3, 0.4) is 0 Å². The van der Waals surface area contributed by atoms with Gasteiger partial charge in [0.25, 0.3) is 10.0 Å². The Morgan fingerprint density at radius 2 is 1.63 bits per heavy atom. The maximum Gasteiger partial charge on any atom is 0.268 e. The number of carbonyl (C=O) groups excluding carboxylic acids is 1. The first-order valence-corrected chi connectivity index (χ1v) is 9.81. The molecule has 27 heavy (non-hydrogen) atoms. The molecule has 0 saturated carbocycles. The normalized spacial score (nSPS) is 11.6. The number of nitrogens with zero attached hydrogens (tertiary/aromatic N) is 2. The first-order valence-electron chi connectivity index (χ1n) is 8.37. The Bertz CT molecular complexity index is 1260. The molecule has 0 aliphatic carbocycles. The summed E-state index contributed by atoms with van der Waals surface area (Å²) in [6.45, 7) is 1.78. The average molecular weight is 376 g/mol. The van der Waals surface area contributed by atoms with E-state index >= 15 is 0 Å². The Balaban J connectivity index is 2.00. The van der Waals surface area contributed by atoms with E-state index in [4.69, 9.17) is 0 Å². The third kappa shape index (κ3) is 2.94. The molecule has 2 aromatic carbocycles. The smallest absolute Gasteiger partial charge is 0.268 e. The Labute approximate surface area is 157 Å². The summed E-state index contributed by atoms with van der Waals surface area (Å²) >= 11 is 0. The first kappa shape index (κ1) is 17.2. The van der Waals surface area contributed by atoms with Crippen molar-refractivity contribution in [3.8, 4) is 0 Å². The van der Waals surface area contributed by atoms with Crippen molar-refractivity contribution >= 4 is 26.7 Å². The van der Waals surface area contributed by atoms with E-state index in [1.807, 2.05) is 6.07 Å². The summed E-state index contributed by atoms with van der Waals surface area (Å²) in [5, 5.41) is 0.686. The number of para-hydroxylation sites is 1. The van der Waals surface area contributed by atoms with E-state index in [0.717, 1.165) is 3.97 Å². The van der Waals surface area contributed by atoms with Crippen molar-refractivity contribution in [1.82, 2.24) is 8.96 Å². The molecule has 0 radical (unpaired) electrons. The van der Waals surface area contributed by atoms with Crippen molar-refractivity contribution in [1.29, 1.82) is 0 Å². The van der Waals surface area contributed by atoms with Crippen LogP contribution in [0.5, 0.6) is 0 Å². The van der Waals surface area contributed by atoms with Gasteiger partial charge in [0, 0.05) is 22.8 Å². The van der Waals surface area contributed by atoms with Crippen molar-refractivity contribution in [2.75, 3.05) is 0 Å². The molecule has 0 saturated heterocycles. The summed E-state index contributed by atoms with van der Waals surface area (Å²) in [7, 11) is -3.94. The predicted octanol–water partition coefficient (Wildman–Crippen LogP) is 3.81. The van der Waals surface area contributed by atoms with Crippen LogP contribution in [-0.4, -0.2) is 23.2 Å². The standard InChI is InChI=1S/C21H16N2O3S/c1-15-13-17(11-12-22-15)21(24)20-14-16-7-5-6-10-19(16)23(20)27(25,26)18-8-3-2-4-9-18/h2-14H,1H3. The number of hydrogen-bond donors (Lipinski definition) is 0. The van der Waals surface area contributed by atoms with Gasteiger partial charge < -0.3 is 0 Å². The fourth-order valence-electron chi connectivity index (χ4n) is 3.08. The van der Waals surface area contributed by atoms with Crippen LogP contribution >= 0.6 is 0 Å². The fraction of sp³-hybridized carbons (Fsp3) is 0.0476.